The van der Waals surface area contributed by atoms with Gasteiger partial charge in [0, 0.05) is 4.88 Å². The van der Waals surface area contributed by atoms with E-state index < -0.39 is 6.10 Å². The number of aliphatic hydroxyl groups is 1. The van der Waals surface area contributed by atoms with Crippen LogP contribution >= 0.6 is 27.3 Å². The van der Waals surface area contributed by atoms with Gasteiger partial charge in [0.2, 0.25) is 0 Å². The zero-order valence-corrected chi connectivity index (χ0v) is 12.0. The molecule has 1 atom stereocenters. The van der Waals surface area contributed by atoms with E-state index in [1.807, 2.05) is 37.3 Å². The predicted octanol–water partition coefficient (Wildman–Crippen LogP) is 3.91. The van der Waals surface area contributed by atoms with E-state index in [-0.39, 0.29) is 0 Å². The first-order valence-electron chi connectivity index (χ1n) is 5.19. The molecule has 2 rings (SSSR count). The van der Waals surface area contributed by atoms with Crippen LogP contribution < -0.4 is 4.74 Å². The molecule has 0 radical (unpaired) electrons. The predicted molar refractivity (Wildman–Crippen MR) is 73.8 cm³/mol. The maximum absolute atomic E-state index is 10.3. The van der Waals surface area contributed by atoms with Crippen LogP contribution in [0.25, 0.3) is 0 Å². The fourth-order valence-electron chi connectivity index (χ4n) is 1.71. The van der Waals surface area contributed by atoms with E-state index >= 15 is 0 Å². The molecule has 1 aromatic carbocycles. The number of thiophene rings is 1. The summed E-state index contributed by atoms with van der Waals surface area (Å²) in [5.74, 6) is 0.811. The lowest BCUT2D eigenvalue weighted by molar-refractivity contribution is 0.223. The molecule has 0 bridgehead atoms. The molecule has 1 aromatic heterocycles. The molecule has 0 aliphatic carbocycles. The van der Waals surface area contributed by atoms with Crippen molar-refractivity contribution < 1.29 is 9.84 Å². The summed E-state index contributed by atoms with van der Waals surface area (Å²) in [6.07, 6.45) is -0.572. The van der Waals surface area contributed by atoms with Crippen LogP contribution in [-0.4, -0.2) is 12.2 Å². The Morgan fingerprint density at radius 2 is 2.06 bits per heavy atom. The topological polar surface area (TPSA) is 29.5 Å². The second kappa shape index (κ2) is 5.21. The molecule has 0 aliphatic heterocycles. The summed E-state index contributed by atoms with van der Waals surface area (Å²) in [7, 11) is 1.64. The van der Waals surface area contributed by atoms with Crippen molar-refractivity contribution in [3.8, 4) is 5.75 Å². The van der Waals surface area contributed by atoms with Gasteiger partial charge in [0.15, 0.2) is 0 Å². The number of hydrogen-bond donors (Lipinski definition) is 1. The van der Waals surface area contributed by atoms with Crippen molar-refractivity contribution in [2.24, 2.45) is 0 Å². The first kappa shape index (κ1) is 12.6. The van der Waals surface area contributed by atoms with Crippen molar-refractivity contribution in [1.82, 2.24) is 0 Å². The Balaban J connectivity index is 2.34. The van der Waals surface area contributed by atoms with E-state index in [2.05, 4.69) is 15.9 Å². The molecule has 1 unspecified atom stereocenters. The molecule has 90 valence electrons. The summed E-state index contributed by atoms with van der Waals surface area (Å²) in [5.41, 5.74) is 1.95. The number of halogens is 1. The summed E-state index contributed by atoms with van der Waals surface area (Å²) < 4.78 is 6.18. The number of aliphatic hydroxyl groups excluding tert-OH is 1. The molecule has 0 amide bonds. The lowest BCUT2D eigenvalue weighted by Gasteiger charge is -2.13. The molecule has 4 heteroatoms. The standard InChI is InChI=1S/C13H13BrO2S/c1-8-7-9(16-2)3-4-10(8)13(15)11-5-6-12(14)17-11/h3-7,13,15H,1-2H3. The minimum Gasteiger partial charge on any atom is -0.497 e. The van der Waals surface area contributed by atoms with Crippen molar-refractivity contribution in [3.05, 3.63) is 50.1 Å². The van der Waals surface area contributed by atoms with E-state index in [1.165, 1.54) is 0 Å². The number of benzene rings is 1. The summed E-state index contributed by atoms with van der Waals surface area (Å²) in [6, 6.07) is 9.59. The Morgan fingerprint density at radius 1 is 1.29 bits per heavy atom. The molecule has 1 heterocycles. The fourth-order valence-corrected chi connectivity index (χ4v) is 3.14. The van der Waals surface area contributed by atoms with Crippen LogP contribution in [0.2, 0.25) is 0 Å². The third kappa shape index (κ3) is 2.70. The minimum atomic E-state index is -0.572. The molecular formula is C13H13BrO2S. The number of ether oxygens (including phenoxy) is 1. The van der Waals surface area contributed by atoms with Gasteiger partial charge in [-0.1, -0.05) is 6.07 Å². The number of methoxy groups -OCH3 is 1. The van der Waals surface area contributed by atoms with Crippen LogP contribution in [0.1, 0.15) is 22.1 Å². The highest BCUT2D eigenvalue weighted by atomic mass is 79.9. The lowest BCUT2D eigenvalue weighted by atomic mass is 10.0. The van der Waals surface area contributed by atoms with Crippen LogP contribution in [0.5, 0.6) is 5.75 Å². The fraction of sp³-hybridized carbons (Fsp3) is 0.231. The zero-order chi connectivity index (χ0) is 12.4. The maximum Gasteiger partial charge on any atom is 0.119 e. The zero-order valence-electron chi connectivity index (χ0n) is 9.61. The van der Waals surface area contributed by atoms with E-state index in [9.17, 15) is 5.11 Å². The third-order valence-electron chi connectivity index (χ3n) is 2.64. The Hall–Kier alpha value is -0.840. The average molecular weight is 313 g/mol. The van der Waals surface area contributed by atoms with Gasteiger partial charge in [-0.2, -0.15) is 0 Å². The quantitative estimate of drug-likeness (QED) is 0.931. The van der Waals surface area contributed by atoms with Gasteiger partial charge in [-0.05, 0) is 58.2 Å². The molecule has 2 nitrogen and oxygen atoms in total. The summed E-state index contributed by atoms with van der Waals surface area (Å²) in [6.45, 7) is 1.98. The number of rotatable bonds is 3. The maximum atomic E-state index is 10.3. The average Bonchev–Trinajstić information content (AvgIpc) is 2.75. The molecule has 0 saturated heterocycles. The largest absolute Gasteiger partial charge is 0.497 e. The van der Waals surface area contributed by atoms with Gasteiger partial charge in [0.05, 0.1) is 10.9 Å². The normalized spacial score (nSPS) is 12.5. The van der Waals surface area contributed by atoms with Gasteiger partial charge in [0.25, 0.3) is 0 Å². The highest BCUT2D eigenvalue weighted by molar-refractivity contribution is 9.11. The number of aryl methyl sites for hydroxylation is 1. The van der Waals surface area contributed by atoms with E-state index in [0.717, 1.165) is 25.5 Å². The Morgan fingerprint density at radius 3 is 2.59 bits per heavy atom. The van der Waals surface area contributed by atoms with E-state index in [1.54, 1.807) is 18.4 Å². The Kier molecular flexibility index (Phi) is 3.86. The van der Waals surface area contributed by atoms with Crippen LogP contribution in [-0.2, 0) is 0 Å². The molecule has 0 fully saturated rings. The van der Waals surface area contributed by atoms with Crippen molar-refractivity contribution in [2.75, 3.05) is 7.11 Å². The smallest absolute Gasteiger partial charge is 0.119 e. The van der Waals surface area contributed by atoms with E-state index in [0.29, 0.717) is 0 Å². The highest BCUT2D eigenvalue weighted by Gasteiger charge is 2.15. The monoisotopic (exact) mass is 312 g/mol. The van der Waals surface area contributed by atoms with Crippen LogP contribution in [0, 0.1) is 6.92 Å². The Labute approximate surface area is 113 Å². The summed E-state index contributed by atoms with van der Waals surface area (Å²) >= 11 is 4.95. The van der Waals surface area contributed by atoms with Gasteiger partial charge < -0.3 is 9.84 Å². The first-order valence-corrected chi connectivity index (χ1v) is 6.80. The second-order valence-corrected chi connectivity index (χ2v) is 6.26. The summed E-state index contributed by atoms with van der Waals surface area (Å²) in [5, 5.41) is 10.3. The van der Waals surface area contributed by atoms with E-state index in [4.69, 9.17) is 4.74 Å². The molecule has 17 heavy (non-hydrogen) atoms. The molecule has 0 spiro atoms. The lowest BCUT2D eigenvalue weighted by Crippen LogP contribution is -2.00. The van der Waals surface area contributed by atoms with Crippen molar-refractivity contribution in [3.63, 3.8) is 0 Å². The minimum absolute atomic E-state index is 0.572. The second-order valence-electron chi connectivity index (χ2n) is 3.77. The van der Waals surface area contributed by atoms with Gasteiger partial charge in [-0.25, -0.2) is 0 Å². The summed E-state index contributed by atoms with van der Waals surface area (Å²) in [4.78, 5) is 0.935. The van der Waals surface area contributed by atoms with Crippen LogP contribution in [0.15, 0.2) is 34.1 Å². The SMILES string of the molecule is COc1ccc(C(O)c2ccc(Br)s2)c(C)c1. The van der Waals surface area contributed by atoms with Crippen molar-refractivity contribution in [1.29, 1.82) is 0 Å². The molecule has 0 aliphatic rings. The molecule has 0 saturated carbocycles. The molecular weight excluding hydrogens is 300 g/mol. The van der Waals surface area contributed by atoms with Gasteiger partial charge in [0.1, 0.15) is 11.9 Å². The highest BCUT2D eigenvalue weighted by Crippen LogP contribution is 2.33. The number of hydrogen-bond acceptors (Lipinski definition) is 3. The third-order valence-corrected chi connectivity index (χ3v) is 4.31. The van der Waals surface area contributed by atoms with Gasteiger partial charge in [-0.15, -0.1) is 11.3 Å². The van der Waals surface area contributed by atoms with Crippen LogP contribution in [0.3, 0.4) is 0 Å². The van der Waals surface area contributed by atoms with Crippen molar-refractivity contribution in [2.45, 2.75) is 13.0 Å². The molecule has 1 N–H and O–H groups in total. The van der Waals surface area contributed by atoms with Gasteiger partial charge in [-0.3, -0.25) is 0 Å². The Bertz CT molecular complexity index is 522. The first-order chi connectivity index (χ1) is 8.11. The van der Waals surface area contributed by atoms with Gasteiger partial charge >= 0.3 is 0 Å². The van der Waals surface area contributed by atoms with Crippen molar-refractivity contribution >= 4 is 27.3 Å². The van der Waals surface area contributed by atoms with Crippen LogP contribution in [0.4, 0.5) is 0 Å². The molecule has 2 aromatic rings.